The Balaban J connectivity index is 1.92. The molecule has 0 bridgehead atoms. The van der Waals surface area contributed by atoms with Crippen molar-refractivity contribution in [2.75, 3.05) is 0 Å². The number of carboxylic acids is 2. The Bertz CT molecular complexity index is 1780. The van der Waals surface area contributed by atoms with Crippen LogP contribution in [-0.2, 0) is 33.6 Å². The molecule has 4 rings (SSSR count). The van der Waals surface area contributed by atoms with E-state index in [9.17, 15) is 29.7 Å². The first-order chi connectivity index (χ1) is 20.4. The monoisotopic (exact) mass is 588 g/mol. The Kier molecular flexibility index (Phi) is 9.18. The molecule has 0 aliphatic carbocycles. The minimum Gasteiger partial charge on any atom is -0.494 e. The van der Waals surface area contributed by atoms with E-state index in [-0.39, 0.29) is 37.0 Å². The van der Waals surface area contributed by atoms with E-state index in [1.807, 2.05) is 65.8 Å². The van der Waals surface area contributed by atoms with Crippen molar-refractivity contribution < 1.29 is 29.7 Å². The fraction of sp³-hybridized carbons (Fsp3) is 0.364. The number of H-pyrrole nitrogens is 3. The number of hydrogen-bond donors (Lipinski definition) is 7. The van der Waals surface area contributed by atoms with Crippen molar-refractivity contribution >= 4 is 36.1 Å². The molecule has 0 aromatic carbocycles. The van der Waals surface area contributed by atoms with Gasteiger partial charge in [0.15, 0.2) is 5.88 Å². The lowest BCUT2D eigenvalue weighted by molar-refractivity contribution is -0.138. The lowest BCUT2D eigenvalue weighted by Gasteiger charge is -2.03. The first kappa shape index (κ1) is 31.2. The Morgan fingerprint density at radius 1 is 0.791 bits per heavy atom. The third kappa shape index (κ3) is 6.38. The standard InChI is InChI=1S/C33H40N4O6/c1-7-20-19(6)32(42)37-27(20)14-25-18(5)23(10-12-31(40)41)29(35-25)15-28-22(9-11-30(38)39)17(4)24(34-28)13-26-16(3)21(8-2)33(43)36-26/h7,13-15,19,34-36,43H,8-12H2,1-6H3,(H,37,42)(H,38,39)(H,40,41). The van der Waals surface area contributed by atoms with Gasteiger partial charge in [0.1, 0.15) is 0 Å². The molecule has 228 valence electrons. The Labute approximate surface area is 249 Å². The molecular weight excluding hydrogens is 548 g/mol. The van der Waals surface area contributed by atoms with E-state index in [2.05, 4.69) is 20.3 Å². The summed E-state index contributed by atoms with van der Waals surface area (Å²) in [5, 5.41) is 33.6. The first-order valence-corrected chi connectivity index (χ1v) is 14.5. The molecule has 10 nitrogen and oxygen atoms in total. The van der Waals surface area contributed by atoms with E-state index in [4.69, 9.17) is 0 Å². The maximum atomic E-state index is 12.4. The molecule has 0 spiro atoms. The summed E-state index contributed by atoms with van der Waals surface area (Å²) in [6.07, 6.45) is 8.74. The number of aromatic nitrogens is 3. The normalized spacial score (nSPS) is 17.9. The summed E-state index contributed by atoms with van der Waals surface area (Å²) in [5.41, 5.74) is 9.01. The van der Waals surface area contributed by atoms with Crippen LogP contribution in [0.4, 0.5) is 0 Å². The lowest BCUT2D eigenvalue weighted by atomic mass is 10.00. The summed E-state index contributed by atoms with van der Waals surface area (Å²) in [5.74, 6) is -2.03. The average molecular weight is 589 g/mol. The molecule has 0 saturated carbocycles. The highest BCUT2D eigenvalue weighted by atomic mass is 16.4. The summed E-state index contributed by atoms with van der Waals surface area (Å²) in [6.45, 7) is 11.5. The van der Waals surface area contributed by atoms with Gasteiger partial charge in [-0.15, -0.1) is 0 Å². The van der Waals surface area contributed by atoms with E-state index in [1.165, 1.54) is 0 Å². The van der Waals surface area contributed by atoms with Crippen molar-refractivity contribution in [3.63, 3.8) is 0 Å². The number of rotatable bonds is 10. The van der Waals surface area contributed by atoms with Gasteiger partial charge in [-0.1, -0.05) is 13.0 Å². The summed E-state index contributed by atoms with van der Waals surface area (Å²) in [4.78, 5) is 45.3. The predicted octanol–water partition coefficient (Wildman–Crippen LogP) is 3.61. The van der Waals surface area contributed by atoms with Crippen LogP contribution in [0.3, 0.4) is 0 Å². The highest BCUT2D eigenvalue weighted by Crippen LogP contribution is 2.30. The van der Waals surface area contributed by atoms with Gasteiger partial charge in [0.05, 0.1) is 5.92 Å². The smallest absolute Gasteiger partial charge is 0.303 e. The lowest BCUT2D eigenvalue weighted by Crippen LogP contribution is -2.16. The van der Waals surface area contributed by atoms with Gasteiger partial charge < -0.3 is 35.6 Å². The zero-order chi connectivity index (χ0) is 31.6. The Morgan fingerprint density at radius 2 is 1.37 bits per heavy atom. The van der Waals surface area contributed by atoms with E-state index >= 15 is 0 Å². The topological polar surface area (TPSA) is 171 Å². The van der Waals surface area contributed by atoms with Gasteiger partial charge >= 0.3 is 11.9 Å². The van der Waals surface area contributed by atoms with Crippen molar-refractivity contribution in [1.82, 2.24) is 20.3 Å². The zero-order valence-corrected chi connectivity index (χ0v) is 25.5. The molecule has 0 radical (unpaired) electrons. The summed E-state index contributed by atoms with van der Waals surface area (Å²) in [6, 6.07) is 0. The van der Waals surface area contributed by atoms with Gasteiger partial charge in [-0.2, -0.15) is 0 Å². The first-order valence-electron chi connectivity index (χ1n) is 14.5. The fourth-order valence-electron chi connectivity index (χ4n) is 5.86. The van der Waals surface area contributed by atoms with Crippen molar-refractivity contribution in [2.24, 2.45) is 5.92 Å². The summed E-state index contributed by atoms with van der Waals surface area (Å²) < 4.78 is 0. The molecule has 7 N–H and O–H groups in total. The maximum absolute atomic E-state index is 12.4. The van der Waals surface area contributed by atoms with Crippen LogP contribution < -0.4 is 16.0 Å². The molecule has 1 unspecified atom stereocenters. The van der Waals surface area contributed by atoms with E-state index in [0.717, 1.165) is 55.7 Å². The second-order valence-corrected chi connectivity index (χ2v) is 11.0. The number of carboxylic acid groups (broad SMARTS) is 2. The molecule has 1 saturated heterocycles. The number of aromatic hydroxyl groups is 1. The van der Waals surface area contributed by atoms with E-state index < -0.39 is 11.9 Å². The van der Waals surface area contributed by atoms with Gasteiger partial charge in [0.25, 0.3) is 0 Å². The number of amides is 1. The number of carbonyl (C=O) groups excluding carboxylic acids is 1. The molecule has 43 heavy (non-hydrogen) atoms. The number of hydrogen-bond acceptors (Lipinski definition) is 4. The van der Waals surface area contributed by atoms with Crippen molar-refractivity contribution in [3.8, 4) is 5.88 Å². The summed E-state index contributed by atoms with van der Waals surface area (Å²) >= 11 is 0. The Hall–Kier alpha value is -4.73. The third-order valence-electron chi connectivity index (χ3n) is 8.43. The highest BCUT2D eigenvalue weighted by molar-refractivity contribution is 5.91. The van der Waals surface area contributed by atoms with Gasteiger partial charge in [0, 0.05) is 51.9 Å². The Morgan fingerprint density at radius 3 is 1.95 bits per heavy atom. The molecule has 1 atom stereocenters. The second kappa shape index (κ2) is 12.6. The SMILES string of the molecule is CC=C1C(=Cc2[nH]c(C=c3[nH]c(=Cc4[nH]c(O)c(CC)c4C)c(C)c3CCC(=O)O)c(CCC(=O)O)c2C)NC(=O)C1C. The van der Waals surface area contributed by atoms with Gasteiger partial charge in [-0.3, -0.25) is 14.4 Å². The second-order valence-electron chi connectivity index (χ2n) is 11.0. The fourth-order valence-corrected chi connectivity index (χ4v) is 5.86. The molecule has 1 aliphatic rings. The third-order valence-corrected chi connectivity index (χ3v) is 8.43. The van der Waals surface area contributed by atoms with Crippen molar-refractivity contribution in [1.29, 1.82) is 0 Å². The van der Waals surface area contributed by atoms with Crippen LogP contribution in [0.2, 0.25) is 0 Å². The number of carbonyl (C=O) groups is 3. The molecular formula is C33H40N4O6. The largest absolute Gasteiger partial charge is 0.494 e. The summed E-state index contributed by atoms with van der Waals surface area (Å²) in [7, 11) is 0. The molecule has 1 fully saturated rings. The van der Waals surface area contributed by atoms with Crippen LogP contribution in [0, 0.1) is 26.7 Å². The van der Waals surface area contributed by atoms with Crippen LogP contribution in [0.1, 0.15) is 84.1 Å². The molecule has 3 aromatic rings. The van der Waals surface area contributed by atoms with E-state index in [0.29, 0.717) is 29.6 Å². The van der Waals surface area contributed by atoms with Crippen LogP contribution in [0.25, 0.3) is 18.2 Å². The van der Waals surface area contributed by atoms with Crippen molar-refractivity contribution in [2.45, 2.75) is 73.6 Å². The van der Waals surface area contributed by atoms with Gasteiger partial charge in [-0.05, 0) is 105 Å². The maximum Gasteiger partial charge on any atom is 0.303 e. The van der Waals surface area contributed by atoms with Crippen LogP contribution in [-0.4, -0.2) is 48.1 Å². The molecule has 1 amide bonds. The molecule has 3 aromatic heterocycles. The average Bonchev–Trinajstić information content (AvgIpc) is 3.59. The van der Waals surface area contributed by atoms with Crippen LogP contribution in [0.15, 0.2) is 17.3 Å². The zero-order valence-electron chi connectivity index (χ0n) is 25.5. The van der Waals surface area contributed by atoms with Crippen molar-refractivity contribution in [3.05, 3.63) is 78.5 Å². The molecule has 1 aliphatic heterocycles. The number of aliphatic carboxylic acids is 2. The minimum atomic E-state index is -0.912. The predicted molar refractivity (Wildman–Crippen MR) is 165 cm³/mol. The molecule has 10 heteroatoms. The number of aromatic amines is 3. The van der Waals surface area contributed by atoms with Gasteiger partial charge in [0.2, 0.25) is 5.91 Å². The van der Waals surface area contributed by atoms with E-state index in [1.54, 1.807) is 0 Å². The molecule has 4 heterocycles. The number of nitrogens with one attached hydrogen (secondary N) is 4. The highest BCUT2D eigenvalue weighted by Gasteiger charge is 2.29. The minimum absolute atomic E-state index is 0.0573. The van der Waals surface area contributed by atoms with Crippen LogP contribution in [0.5, 0.6) is 5.88 Å². The van der Waals surface area contributed by atoms with Gasteiger partial charge in [-0.25, -0.2) is 0 Å². The van der Waals surface area contributed by atoms with Crippen LogP contribution >= 0.6 is 0 Å². The quantitative estimate of drug-likeness (QED) is 0.191. The number of allylic oxidation sites excluding steroid dienone is 2.